The Balaban J connectivity index is 1.87. The Bertz CT molecular complexity index is 855. The van der Waals surface area contributed by atoms with Gasteiger partial charge in [-0.2, -0.15) is 0 Å². The first-order valence-corrected chi connectivity index (χ1v) is 7.96. The Kier molecular flexibility index (Phi) is 4.91. The lowest BCUT2D eigenvalue weighted by atomic mass is 10.0. The number of benzene rings is 1. The minimum atomic E-state index is -0.0192. The molecule has 2 N–H and O–H groups in total. The molecule has 0 unspecified atom stereocenters. The molecule has 3 rings (SSSR count). The molecule has 124 valence electrons. The number of carbonyl (C=O) groups is 1. The largest absolute Gasteiger partial charge is 0.383 e. The van der Waals surface area contributed by atoms with Gasteiger partial charge < -0.3 is 15.0 Å². The number of aromatic nitrogens is 2. The van der Waals surface area contributed by atoms with Gasteiger partial charge in [-0.15, -0.1) is 0 Å². The summed E-state index contributed by atoms with van der Waals surface area (Å²) in [6.07, 6.45) is 4.04. The standard InChI is InChI=1S/C19H21N3O2/c1-13-5-3-4-6-16(13)14-9-17-15(12-22-19(17)21-11-14)10-18(23)20-7-8-24-2/h3-6,9,11-12H,7-8,10H2,1-2H3,(H,20,23)(H,21,22). The van der Waals surface area contributed by atoms with E-state index in [0.29, 0.717) is 19.6 Å². The van der Waals surface area contributed by atoms with Gasteiger partial charge in [-0.05, 0) is 29.7 Å². The molecule has 0 aliphatic carbocycles. The highest BCUT2D eigenvalue weighted by molar-refractivity contribution is 5.89. The molecule has 0 radical (unpaired) electrons. The summed E-state index contributed by atoms with van der Waals surface area (Å²) in [4.78, 5) is 19.7. The zero-order valence-corrected chi connectivity index (χ0v) is 13.9. The Hall–Kier alpha value is -2.66. The smallest absolute Gasteiger partial charge is 0.224 e. The number of nitrogens with one attached hydrogen (secondary N) is 2. The van der Waals surface area contributed by atoms with Crippen molar-refractivity contribution in [1.82, 2.24) is 15.3 Å². The molecular weight excluding hydrogens is 302 g/mol. The number of aryl methyl sites for hydroxylation is 1. The van der Waals surface area contributed by atoms with E-state index in [2.05, 4.69) is 40.4 Å². The first-order chi connectivity index (χ1) is 11.7. The summed E-state index contributed by atoms with van der Waals surface area (Å²) >= 11 is 0. The number of carbonyl (C=O) groups excluding carboxylic acids is 1. The molecule has 0 saturated heterocycles. The maximum Gasteiger partial charge on any atom is 0.224 e. The van der Waals surface area contributed by atoms with Crippen molar-refractivity contribution in [3.05, 3.63) is 53.9 Å². The minimum absolute atomic E-state index is 0.0192. The minimum Gasteiger partial charge on any atom is -0.383 e. The van der Waals surface area contributed by atoms with Crippen LogP contribution in [-0.2, 0) is 16.0 Å². The molecule has 3 aromatic rings. The first-order valence-electron chi connectivity index (χ1n) is 7.96. The van der Waals surface area contributed by atoms with Crippen LogP contribution in [0.15, 0.2) is 42.7 Å². The van der Waals surface area contributed by atoms with Gasteiger partial charge in [0.15, 0.2) is 0 Å². The molecule has 2 aromatic heterocycles. The number of pyridine rings is 1. The van der Waals surface area contributed by atoms with Crippen LogP contribution in [0, 0.1) is 6.92 Å². The Morgan fingerprint density at radius 1 is 1.33 bits per heavy atom. The van der Waals surface area contributed by atoms with Crippen LogP contribution in [0.5, 0.6) is 0 Å². The van der Waals surface area contributed by atoms with Crippen LogP contribution in [0.2, 0.25) is 0 Å². The first kappa shape index (κ1) is 16.2. The molecule has 0 atom stereocenters. The van der Waals surface area contributed by atoms with Gasteiger partial charge in [0.25, 0.3) is 0 Å². The summed E-state index contributed by atoms with van der Waals surface area (Å²) in [6.45, 7) is 3.11. The highest BCUT2D eigenvalue weighted by Crippen LogP contribution is 2.27. The van der Waals surface area contributed by atoms with E-state index < -0.39 is 0 Å². The SMILES string of the molecule is COCCNC(=O)Cc1c[nH]c2ncc(-c3ccccc3C)cc12. The number of hydrogen-bond acceptors (Lipinski definition) is 3. The lowest BCUT2D eigenvalue weighted by Crippen LogP contribution is -2.28. The number of aromatic amines is 1. The van der Waals surface area contributed by atoms with Crippen molar-refractivity contribution >= 4 is 16.9 Å². The average Bonchev–Trinajstić information content (AvgIpc) is 2.98. The molecule has 0 aliphatic heterocycles. The molecule has 1 aromatic carbocycles. The summed E-state index contributed by atoms with van der Waals surface area (Å²) in [6, 6.07) is 10.3. The van der Waals surface area contributed by atoms with E-state index in [1.807, 2.05) is 24.5 Å². The maximum absolute atomic E-state index is 12.0. The summed E-state index contributed by atoms with van der Waals surface area (Å²) < 4.78 is 4.94. The van der Waals surface area contributed by atoms with Crippen LogP contribution < -0.4 is 5.32 Å². The Morgan fingerprint density at radius 3 is 2.96 bits per heavy atom. The molecule has 1 amide bonds. The van der Waals surface area contributed by atoms with E-state index >= 15 is 0 Å². The summed E-state index contributed by atoms with van der Waals surface area (Å²) in [5, 5.41) is 3.83. The summed E-state index contributed by atoms with van der Waals surface area (Å²) in [7, 11) is 1.62. The number of nitrogens with zero attached hydrogens (tertiary/aromatic N) is 1. The molecule has 5 heteroatoms. The van der Waals surface area contributed by atoms with Gasteiger partial charge in [-0.1, -0.05) is 24.3 Å². The van der Waals surface area contributed by atoms with Crippen molar-refractivity contribution in [3.8, 4) is 11.1 Å². The van der Waals surface area contributed by atoms with E-state index in [0.717, 1.165) is 27.7 Å². The molecule has 0 spiro atoms. The van der Waals surface area contributed by atoms with Gasteiger partial charge in [-0.25, -0.2) is 4.98 Å². The summed E-state index contributed by atoms with van der Waals surface area (Å²) in [5.41, 5.74) is 5.16. The van der Waals surface area contributed by atoms with Crippen molar-refractivity contribution in [2.24, 2.45) is 0 Å². The number of amides is 1. The zero-order chi connectivity index (χ0) is 16.9. The quantitative estimate of drug-likeness (QED) is 0.686. The number of ether oxygens (including phenoxy) is 1. The number of H-pyrrole nitrogens is 1. The Morgan fingerprint density at radius 2 is 2.17 bits per heavy atom. The van der Waals surface area contributed by atoms with E-state index in [1.54, 1.807) is 7.11 Å². The molecule has 0 saturated carbocycles. The lowest BCUT2D eigenvalue weighted by molar-refractivity contribution is -0.120. The van der Waals surface area contributed by atoms with Crippen molar-refractivity contribution in [1.29, 1.82) is 0 Å². The second kappa shape index (κ2) is 7.27. The van der Waals surface area contributed by atoms with Crippen molar-refractivity contribution in [2.75, 3.05) is 20.3 Å². The van der Waals surface area contributed by atoms with Gasteiger partial charge >= 0.3 is 0 Å². The zero-order valence-electron chi connectivity index (χ0n) is 13.9. The van der Waals surface area contributed by atoms with E-state index in [1.165, 1.54) is 5.56 Å². The third-order valence-corrected chi connectivity index (χ3v) is 4.05. The third kappa shape index (κ3) is 3.46. The summed E-state index contributed by atoms with van der Waals surface area (Å²) in [5.74, 6) is -0.0192. The lowest BCUT2D eigenvalue weighted by Gasteiger charge is -2.07. The number of methoxy groups -OCH3 is 1. The maximum atomic E-state index is 12.0. The molecule has 2 heterocycles. The predicted octanol–water partition coefficient (Wildman–Crippen LogP) is 2.84. The van der Waals surface area contributed by atoms with Gasteiger partial charge in [0.2, 0.25) is 5.91 Å². The highest BCUT2D eigenvalue weighted by Gasteiger charge is 2.11. The van der Waals surface area contributed by atoms with Crippen molar-refractivity contribution in [2.45, 2.75) is 13.3 Å². The van der Waals surface area contributed by atoms with Crippen LogP contribution >= 0.6 is 0 Å². The molecule has 24 heavy (non-hydrogen) atoms. The van der Waals surface area contributed by atoms with Crippen LogP contribution in [0.25, 0.3) is 22.2 Å². The molecule has 0 bridgehead atoms. The monoisotopic (exact) mass is 323 g/mol. The normalized spacial score (nSPS) is 10.9. The van der Waals surface area contributed by atoms with Gasteiger partial charge in [0, 0.05) is 37.0 Å². The van der Waals surface area contributed by atoms with Crippen LogP contribution in [-0.4, -0.2) is 36.1 Å². The predicted molar refractivity (Wildman–Crippen MR) is 94.9 cm³/mol. The van der Waals surface area contributed by atoms with Crippen LogP contribution in [0.1, 0.15) is 11.1 Å². The van der Waals surface area contributed by atoms with Crippen molar-refractivity contribution < 1.29 is 9.53 Å². The third-order valence-electron chi connectivity index (χ3n) is 4.05. The van der Waals surface area contributed by atoms with Gasteiger partial charge in [0.1, 0.15) is 5.65 Å². The molecule has 5 nitrogen and oxygen atoms in total. The van der Waals surface area contributed by atoms with E-state index in [-0.39, 0.29) is 5.91 Å². The van der Waals surface area contributed by atoms with Crippen LogP contribution in [0.4, 0.5) is 0 Å². The molecule has 0 fully saturated rings. The number of rotatable bonds is 6. The fourth-order valence-electron chi connectivity index (χ4n) is 2.78. The van der Waals surface area contributed by atoms with Gasteiger partial charge in [0.05, 0.1) is 13.0 Å². The fourth-order valence-corrected chi connectivity index (χ4v) is 2.78. The van der Waals surface area contributed by atoms with Crippen molar-refractivity contribution in [3.63, 3.8) is 0 Å². The van der Waals surface area contributed by atoms with Gasteiger partial charge in [-0.3, -0.25) is 4.79 Å². The fraction of sp³-hybridized carbons (Fsp3) is 0.263. The van der Waals surface area contributed by atoms with Crippen LogP contribution in [0.3, 0.4) is 0 Å². The second-order valence-corrected chi connectivity index (χ2v) is 5.77. The second-order valence-electron chi connectivity index (χ2n) is 5.77. The van der Waals surface area contributed by atoms with E-state index in [9.17, 15) is 4.79 Å². The number of hydrogen-bond donors (Lipinski definition) is 2. The highest BCUT2D eigenvalue weighted by atomic mass is 16.5. The molecular formula is C19H21N3O2. The topological polar surface area (TPSA) is 67.0 Å². The number of fused-ring (bicyclic) bond motifs is 1. The Labute approximate surface area is 141 Å². The molecule has 0 aliphatic rings. The average molecular weight is 323 g/mol. The van der Waals surface area contributed by atoms with E-state index in [4.69, 9.17) is 4.74 Å².